The van der Waals surface area contributed by atoms with Crippen molar-refractivity contribution in [1.29, 1.82) is 0 Å². The maximum absolute atomic E-state index is 14.2. The molecule has 2 fully saturated rings. The maximum atomic E-state index is 14.2. The molecule has 208 valence electrons. The van der Waals surface area contributed by atoms with E-state index in [1.165, 1.54) is 12.1 Å². The number of allylic oxidation sites excluding steroid dienone is 1. The van der Waals surface area contributed by atoms with E-state index in [2.05, 4.69) is 47.6 Å². The van der Waals surface area contributed by atoms with Crippen LogP contribution in [-0.4, -0.2) is 39.7 Å². The first-order valence-corrected chi connectivity index (χ1v) is 14.2. The Morgan fingerprint density at radius 2 is 1.77 bits per heavy atom. The normalized spacial score (nSPS) is 27.8. The number of benzene rings is 2. The molecule has 6 nitrogen and oxygen atoms in total. The summed E-state index contributed by atoms with van der Waals surface area (Å²) in [5, 5.41) is 1.93. The molecular formula is C31H38F2N4O2. The number of hydrogen-bond donors (Lipinski definition) is 0. The van der Waals surface area contributed by atoms with Crippen LogP contribution < -0.4 is 5.06 Å². The molecule has 3 atom stereocenters. The minimum absolute atomic E-state index is 0.0241. The Kier molecular flexibility index (Phi) is 7.10. The van der Waals surface area contributed by atoms with Gasteiger partial charge in [0, 0.05) is 25.2 Å². The van der Waals surface area contributed by atoms with Gasteiger partial charge in [-0.1, -0.05) is 6.07 Å². The third kappa shape index (κ3) is 4.93. The van der Waals surface area contributed by atoms with E-state index in [0.29, 0.717) is 24.7 Å². The van der Waals surface area contributed by atoms with Crippen molar-refractivity contribution in [3.63, 3.8) is 0 Å². The summed E-state index contributed by atoms with van der Waals surface area (Å²) < 4.78 is 36.0. The lowest BCUT2D eigenvalue weighted by molar-refractivity contribution is 0.0580. The molecule has 3 aromatic rings. The van der Waals surface area contributed by atoms with Crippen molar-refractivity contribution in [2.75, 3.05) is 12.2 Å². The number of anilines is 1. The van der Waals surface area contributed by atoms with Crippen molar-refractivity contribution in [2.45, 2.75) is 96.1 Å². The van der Waals surface area contributed by atoms with Gasteiger partial charge in [0.25, 0.3) is 0 Å². The zero-order chi connectivity index (χ0) is 27.3. The van der Waals surface area contributed by atoms with Gasteiger partial charge in [-0.05, 0) is 101 Å². The summed E-state index contributed by atoms with van der Waals surface area (Å²) in [5.74, 6) is 0.330. The Morgan fingerprint density at radius 3 is 2.46 bits per heavy atom. The molecule has 3 aliphatic rings. The highest BCUT2D eigenvalue weighted by Crippen LogP contribution is 2.40. The van der Waals surface area contributed by atoms with E-state index < -0.39 is 11.6 Å². The van der Waals surface area contributed by atoms with Crippen molar-refractivity contribution in [1.82, 2.24) is 14.5 Å². The van der Waals surface area contributed by atoms with Crippen LogP contribution in [0.1, 0.15) is 82.8 Å². The van der Waals surface area contributed by atoms with Crippen molar-refractivity contribution in [2.24, 2.45) is 0 Å². The fourth-order valence-electron chi connectivity index (χ4n) is 6.84. The number of rotatable bonds is 6. The lowest BCUT2D eigenvalue weighted by Gasteiger charge is -2.32. The van der Waals surface area contributed by atoms with Gasteiger partial charge in [0.05, 0.1) is 35.4 Å². The number of methoxy groups -OCH3 is 1. The largest absolute Gasteiger partial charge is 0.384 e. The quantitative estimate of drug-likeness (QED) is 0.333. The Balaban J connectivity index is 1.37. The van der Waals surface area contributed by atoms with Crippen molar-refractivity contribution in [3.05, 3.63) is 71.3 Å². The molecule has 1 unspecified atom stereocenters. The second-order valence-electron chi connectivity index (χ2n) is 11.5. The lowest BCUT2D eigenvalue weighted by atomic mass is 9.92. The predicted octanol–water partition coefficient (Wildman–Crippen LogP) is 7.21. The third-order valence-electron chi connectivity index (χ3n) is 8.91. The van der Waals surface area contributed by atoms with Gasteiger partial charge in [-0.25, -0.2) is 18.8 Å². The first-order valence-electron chi connectivity index (χ1n) is 14.2. The summed E-state index contributed by atoms with van der Waals surface area (Å²) in [7, 11) is 1.80. The summed E-state index contributed by atoms with van der Waals surface area (Å²) >= 11 is 0. The average Bonchev–Trinajstić information content (AvgIpc) is 3.59. The monoisotopic (exact) mass is 536 g/mol. The van der Waals surface area contributed by atoms with Gasteiger partial charge >= 0.3 is 0 Å². The van der Waals surface area contributed by atoms with E-state index in [9.17, 15) is 8.78 Å². The fraction of sp³-hybridized carbons (Fsp3) is 0.516. The zero-order valence-electron chi connectivity index (χ0n) is 23.2. The van der Waals surface area contributed by atoms with E-state index in [1.54, 1.807) is 13.2 Å². The number of fused-ring (bicyclic) bond motifs is 1. The van der Waals surface area contributed by atoms with Gasteiger partial charge in [-0.2, -0.15) is 0 Å². The van der Waals surface area contributed by atoms with Crippen LogP contribution in [0.15, 0.2) is 48.2 Å². The summed E-state index contributed by atoms with van der Waals surface area (Å²) in [6.45, 7) is 6.96. The molecule has 0 amide bonds. The van der Waals surface area contributed by atoms with Crippen LogP contribution in [0.4, 0.5) is 14.5 Å². The molecule has 6 rings (SSSR count). The summed E-state index contributed by atoms with van der Waals surface area (Å²) in [6, 6.07) is 11.6. The zero-order valence-corrected chi connectivity index (χ0v) is 23.2. The van der Waals surface area contributed by atoms with E-state index in [0.717, 1.165) is 72.4 Å². The van der Waals surface area contributed by atoms with Gasteiger partial charge in [-0.3, -0.25) is 4.90 Å². The van der Waals surface area contributed by atoms with Gasteiger partial charge in [0.1, 0.15) is 11.6 Å². The number of hydroxylamine groups is 1. The SMILES string of the molecule is CO[C@H]1CC[C@H](n2c(CN3[C@@H](C)CC[C@H]3c3ccc(F)c(F)c3)nc3cc(N4OC(C)=CC4C)ccc32)CC1. The van der Waals surface area contributed by atoms with Crippen LogP contribution in [0.5, 0.6) is 0 Å². The molecule has 0 spiro atoms. The maximum Gasteiger partial charge on any atom is 0.159 e. The molecule has 1 saturated heterocycles. The number of aromatic nitrogens is 2. The molecule has 8 heteroatoms. The molecule has 0 N–H and O–H groups in total. The number of hydrogen-bond acceptors (Lipinski definition) is 5. The first-order chi connectivity index (χ1) is 18.8. The van der Waals surface area contributed by atoms with Crippen molar-refractivity contribution in [3.8, 4) is 0 Å². The van der Waals surface area contributed by atoms with Crippen LogP contribution in [0.3, 0.4) is 0 Å². The van der Waals surface area contributed by atoms with Gasteiger partial charge in [-0.15, -0.1) is 0 Å². The van der Waals surface area contributed by atoms with Crippen LogP contribution in [0.2, 0.25) is 0 Å². The number of imidazole rings is 1. The Hall–Kier alpha value is -2.97. The first kappa shape index (κ1) is 26.3. The molecule has 0 radical (unpaired) electrons. The second kappa shape index (κ2) is 10.5. The summed E-state index contributed by atoms with van der Waals surface area (Å²) in [5.41, 5.74) is 3.89. The van der Waals surface area contributed by atoms with Gasteiger partial charge < -0.3 is 14.1 Å². The Morgan fingerprint density at radius 1 is 0.974 bits per heavy atom. The molecule has 0 bridgehead atoms. The molecule has 1 aromatic heterocycles. The van der Waals surface area contributed by atoms with Crippen LogP contribution in [-0.2, 0) is 16.1 Å². The second-order valence-corrected chi connectivity index (χ2v) is 11.5. The minimum atomic E-state index is -0.803. The van der Waals surface area contributed by atoms with E-state index in [1.807, 2.05) is 12.0 Å². The van der Waals surface area contributed by atoms with E-state index in [-0.39, 0.29) is 12.1 Å². The third-order valence-corrected chi connectivity index (χ3v) is 8.91. The van der Waals surface area contributed by atoms with Crippen molar-refractivity contribution < 1.29 is 18.4 Å². The van der Waals surface area contributed by atoms with E-state index in [4.69, 9.17) is 14.6 Å². The Bertz CT molecular complexity index is 1380. The van der Waals surface area contributed by atoms with Crippen LogP contribution in [0, 0.1) is 11.6 Å². The highest BCUT2D eigenvalue weighted by Gasteiger charge is 2.35. The molecule has 2 aromatic carbocycles. The predicted molar refractivity (Wildman–Crippen MR) is 148 cm³/mol. The topological polar surface area (TPSA) is 42.8 Å². The smallest absolute Gasteiger partial charge is 0.159 e. The standard InChI is InChI=1S/C31H38F2N4O2/c1-19-5-13-29(22-6-12-26(32)27(33)16-22)35(19)18-31-34-28-17-24(37-20(2)15-21(3)39-37)9-14-30(28)36(31)23-7-10-25(38-4)11-8-23/h6,9,12,14-17,19-20,23,25,29H,5,7-8,10-11,13,18H2,1-4H3/t19-,20?,23-,25-,29-/m0/s1. The minimum Gasteiger partial charge on any atom is -0.384 e. The molecule has 3 heterocycles. The summed E-state index contributed by atoms with van der Waals surface area (Å²) in [4.78, 5) is 13.6. The van der Waals surface area contributed by atoms with Crippen LogP contribution in [0.25, 0.3) is 11.0 Å². The molecule has 2 aliphatic heterocycles. The summed E-state index contributed by atoms with van der Waals surface area (Å²) in [6.07, 6.45) is 8.46. The molecule has 39 heavy (non-hydrogen) atoms. The van der Waals surface area contributed by atoms with E-state index >= 15 is 0 Å². The molecular weight excluding hydrogens is 498 g/mol. The lowest BCUT2D eigenvalue weighted by Crippen LogP contribution is -2.31. The van der Waals surface area contributed by atoms with Gasteiger partial charge in [0.15, 0.2) is 11.6 Å². The fourth-order valence-corrected chi connectivity index (χ4v) is 6.84. The number of likely N-dealkylation sites (tertiary alicyclic amines) is 1. The molecule has 1 saturated carbocycles. The number of nitrogens with zero attached hydrogens (tertiary/aromatic N) is 4. The highest BCUT2D eigenvalue weighted by atomic mass is 19.2. The van der Waals surface area contributed by atoms with Gasteiger partial charge in [0.2, 0.25) is 0 Å². The number of ether oxygens (including phenoxy) is 1. The highest BCUT2D eigenvalue weighted by molar-refractivity contribution is 5.80. The average molecular weight is 537 g/mol. The molecule has 1 aliphatic carbocycles. The van der Waals surface area contributed by atoms with Crippen LogP contribution >= 0.6 is 0 Å². The Labute approximate surface area is 229 Å². The van der Waals surface area contributed by atoms with Crippen molar-refractivity contribution >= 4 is 16.7 Å². The number of halogens is 2.